The van der Waals surface area contributed by atoms with Crippen molar-refractivity contribution in [3.8, 4) is 0 Å². The number of halogens is 2. The lowest BCUT2D eigenvalue weighted by Crippen LogP contribution is -2.29. The van der Waals surface area contributed by atoms with Crippen molar-refractivity contribution in [3.63, 3.8) is 0 Å². The quantitative estimate of drug-likeness (QED) is 0.501. The molecular weight excluding hydrogens is 283 g/mol. The van der Waals surface area contributed by atoms with Crippen LogP contribution in [0.2, 0.25) is 5.02 Å². The summed E-state index contributed by atoms with van der Waals surface area (Å²) < 4.78 is 13.5. The minimum absolute atomic E-state index is 0.0803. The second kappa shape index (κ2) is 6.91. The molecule has 0 heterocycles. The molecule has 0 saturated heterocycles. The first kappa shape index (κ1) is 14.3. The number of hydrazine groups is 1. The topological polar surface area (TPSA) is 38.0 Å². The van der Waals surface area contributed by atoms with E-state index >= 15 is 0 Å². The summed E-state index contributed by atoms with van der Waals surface area (Å²) in [5.74, 6) is 5.97. The van der Waals surface area contributed by atoms with Gasteiger partial charge in [0.05, 0.1) is 6.04 Å². The van der Waals surface area contributed by atoms with Crippen molar-refractivity contribution in [2.24, 2.45) is 5.84 Å². The van der Waals surface area contributed by atoms with E-state index < -0.39 is 0 Å². The van der Waals surface area contributed by atoms with Gasteiger partial charge in [-0.1, -0.05) is 35.9 Å². The van der Waals surface area contributed by atoms with Crippen molar-refractivity contribution in [2.75, 3.05) is 5.75 Å². The van der Waals surface area contributed by atoms with Crippen LogP contribution in [0.1, 0.15) is 11.6 Å². The van der Waals surface area contributed by atoms with Crippen LogP contribution < -0.4 is 11.3 Å². The maximum Gasteiger partial charge on any atom is 0.136 e. The molecular formula is C14H14ClFN2S. The summed E-state index contributed by atoms with van der Waals surface area (Å²) in [6.07, 6.45) is 0. The van der Waals surface area contributed by atoms with E-state index in [4.69, 9.17) is 17.4 Å². The summed E-state index contributed by atoms with van der Waals surface area (Å²) in [6, 6.07) is 14.1. The van der Waals surface area contributed by atoms with E-state index in [1.54, 1.807) is 12.1 Å². The molecule has 0 saturated carbocycles. The second-order valence-electron chi connectivity index (χ2n) is 4.02. The third-order valence-electron chi connectivity index (χ3n) is 2.69. The summed E-state index contributed by atoms with van der Waals surface area (Å²) in [7, 11) is 0. The van der Waals surface area contributed by atoms with E-state index in [1.165, 1.54) is 17.8 Å². The Balaban J connectivity index is 2.06. The normalized spacial score (nSPS) is 12.4. The number of nitrogens with two attached hydrogens (primary N) is 1. The Bertz CT molecular complexity index is 550. The molecule has 0 radical (unpaired) electrons. The molecule has 2 nitrogen and oxygen atoms in total. The van der Waals surface area contributed by atoms with Crippen LogP contribution in [0.25, 0.3) is 0 Å². The molecule has 2 aromatic rings. The van der Waals surface area contributed by atoms with Gasteiger partial charge in [-0.2, -0.15) is 0 Å². The zero-order valence-electron chi connectivity index (χ0n) is 10.1. The van der Waals surface area contributed by atoms with Crippen LogP contribution in [0.15, 0.2) is 53.4 Å². The van der Waals surface area contributed by atoms with Crippen LogP contribution in [-0.2, 0) is 0 Å². The van der Waals surface area contributed by atoms with Gasteiger partial charge in [0.2, 0.25) is 0 Å². The number of thioether (sulfide) groups is 1. The molecule has 0 aliphatic rings. The maximum atomic E-state index is 13.5. The molecule has 0 amide bonds. The highest BCUT2D eigenvalue weighted by atomic mass is 35.5. The molecule has 1 atom stereocenters. The van der Waals surface area contributed by atoms with E-state index in [1.807, 2.05) is 30.3 Å². The zero-order chi connectivity index (χ0) is 13.7. The Morgan fingerprint density at radius 3 is 2.68 bits per heavy atom. The Hall–Kier alpha value is -1.07. The van der Waals surface area contributed by atoms with E-state index in [-0.39, 0.29) is 11.9 Å². The smallest absolute Gasteiger partial charge is 0.136 e. The maximum absolute atomic E-state index is 13.5. The van der Waals surface area contributed by atoms with E-state index in [9.17, 15) is 4.39 Å². The van der Waals surface area contributed by atoms with Gasteiger partial charge in [0.25, 0.3) is 0 Å². The average Bonchev–Trinajstić information content (AvgIpc) is 2.41. The molecule has 2 aromatic carbocycles. The molecule has 0 aliphatic carbocycles. The molecule has 0 spiro atoms. The number of benzene rings is 2. The van der Waals surface area contributed by atoms with Gasteiger partial charge in [0.1, 0.15) is 5.82 Å². The van der Waals surface area contributed by atoms with Crippen molar-refractivity contribution < 1.29 is 4.39 Å². The van der Waals surface area contributed by atoms with Gasteiger partial charge in [-0.15, -0.1) is 11.8 Å². The second-order valence-corrected chi connectivity index (χ2v) is 5.51. The van der Waals surface area contributed by atoms with Gasteiger partial charge in [-0.05, 0) is 29.8 Å². The van der Waals surface area contributed by atoms with Crippen molar-refractivity contribution in [1.29, 1.82) is 0 Å². The van der Waals surface area contributed by atoms with E-state index in [0.29, 0.717) is 15.7 Å². The average molecular weight is 297 g/mol. The summed E-state index contributed by atoms with van der Waals surface area (Å²) in [5.41, 5.74) is 3.72. The molecule has 100 valence electrons. The largest absolute Gasteiger partial charge is 0.271 e. The van der Waals surface area contributed by atoms with Crippen LogP contribution in [-0.4, -0.2) is 5.75 Å². The Kier molecular flexibility index (Phi) is 5.22. The Morgan fingerprint density at radius 2 is 2.00 bits per heavy atom. The number of hydrogen-bond donors (Lipinski definition) is 2. The van der Waals surface area contributed by atoms with Crippen LogP contribution in [0.4, 0.5) is 4.39 Å². The van der Waals surface area contributed by atoms with E-state index in [2.05, 4.69) is 5.43 Å². The van der Waals surface area contributed by atoms with Gasteiger partial charge >= 0.3 is 0 Å². The fourth-order valence-corrected chi connectivity index (χ4v) is 2.91. The van der Waals surface area contributed by atoms with Gasteiger partial charge in [-0.3, -0.25) is 11.3 Å². The van der Waals surface area contributed by atoms with Crippen LogP contribution in [0.3, 0.4) is 0 Å². The van der Waals surface area contributed by atoms with Crippen LogP contribution >= 0.6 is 23.4 Å². The van der Waals surface area contributed by atoms with Gasteiger partial charge < -0.3 is 0 Å². The predicted octanol–water partition coefficient (Wildman–Crippen LogP) is 3.78. The number of hydrogen-bond acceptors (Lipinski definition) is 3. The van der Waals surface area contributed by atoms with Gasteiger partial charge in [-0.25, -0.2) is 4.39 Å². The Morgan fingerprint density at radius 1 is 1.21 bits per heavy atom. The molecule has 1 unspecified atom stereocenters. The fourth-order valence-electron chi connectivity index (χ4n) is 1.70. The molecule has 3 N–H and O–H groups in total. The van der Waals surface area contributed by atoms with Gasteiger partial charge in [0, 0.05) is 15.7 Å². The highest BCUT2D eigenvalue weighted by Gasteiger charge is 2.11. The number of nitrogens with one attached hydrogen (secondary N) is 1. The lowest BCUT2D eigenvalue weighted by molar-refractivity contribution is 0.596. The zero-order valence-corrected chi connectivity index (χ0v) is 11.7. The Labute approximate surface area is 121 Å². The van der Waals surface area contributed by atoms with Gasteiger partial charge in [0.15, 0.2) is 0 Å². The first-order chi connectivity index (χ1) is 9.20. The van der Waals surface area contributed by atoms with Crippen molar-refractivity contribution in [2.45, 2.75) is 10.9 Å². The minimum Gasteiger partial charge on any atom is -0.271 e. The summed E-state index contributed by atoms with van der Waals surface area (Å²) in [5, 5.41) is 0.661. The lowest BCUT2D eigenvalue weighted by Gasteiger charge is -2.16. The molecule has 5 heteroatoms. The molecule has 0 fully saturated rings. The van der Waals surface area contributed by atoms with Crippen molar-refractivity contribution in [1.82, 2.24) is 5.43 Å². The third kappa shape index (κ3) is 3.94. The molecule has 2 rings (SSSR count). The monoisotopic (exact) mass is 296 g/mol. The first-order valence-corrected chi connectivity index (χ1v) is 7.16. The molecule has 0 aromatic heterocycles. The van der Waals surface area contributed by atoms with Crippen molar-refractivity contribution >= 4 is 23.4 Å². The summed E-state index contributed by atoms with van der Waals surface area (Å²) >= 11 is 7.37. The van der Waals surface area contributed by atoms with Crippen LogP contribution in [0.5, 0.6) is 0 Å². The van der Waals surface area contributed by atoms with E-state index in [0.717, 1.165) is 5.56 Å². The molecule has 0 aliphatic heterocycles. The highest BCUT2D eigenvalue weighted by molar-refractivity contribution is 7.99. The SMILES string of the molecule is NNC(CSc1ccccc1F)c1cccc(Cl)c1. The first-order valence-electron chi connectivity index (χ1n) is 5.79. The fraction of sp³-hybridized carbons (Fsp3) is 0.143. The third-order valence-corrected chi connectivity index (χ3v) is 4.07. The minimum atomic E-state index is -0.214. The summed E-state index contributed by atoms with van der Waals surface area (Å²) in [6.45, 7) is 0. The number of rotatable bonds is 5. The molecule has 19 heavy (non-hydrogen) atoms. The molecule has 0 bridgehead atoms. The standard InChI is InChI=1S/C14H14ClFN2S/c15-11-5-3-4-10(8-11)13(18-17)9-19-14-7-2-1-6-12(14)16/h1-8,13,18H,9,17H2. The van der Waals surface area contributed by atoms with Crippen molar-refractivity contribution in [3.05, 3.63) is 64.9 Å². The summed E-state index contributed by atoms with van der Waals surface area (Å²) in [4.78, 5) is 0.616. The van der Waals surface area contributed by atoms with Crippen LogP contribution in [0, 0.1) is 5.82 Å². The predicted molar refractivity (Wildman–Crippen MR) is 78.6 cm³/mol. The lowest BCUT2D eigenvalue weighted by atomic mass is 10.1. The highest BCUT2D eigenvalue weighted by Crippen LogP contribution is 2.27.